The molecule has 0 unspecified atom stereocenters. The highest BCUT2D eigenvalue weighted by Crippen LogP contribution is 2.21. The number of carbonyl (C=O) groups excluding carboxylic acids is 1. The summed E-state index contributed by atoms with van der Waals surface area (Å²) in [5, 5.41) is 7.22. The van der Waals surface area contributed by atoms with Gasteiger partial charge in [0, 0.05) is 56.7 Å². The molecule has 0 radical (unpaired) electrons. The fraction of sp³-hybridized carbons (Fsp3) is 0.440. The van der Waals surface area contributed by atoms with Crippen LogP contribution in [0.4, 0.5) is 0 Å². The third-order valence-electron chi connectivity index (χ3n) is 6.38. The van der Waals surface area contributed by atoms with E-state index >= 15 is 0 Å². The predicted octanol–water partition coefficient (Wildman–Crippen LogP) is 3.46. The molecule has 1 saturated heterocycles. The molecule has 1 aromatic carbocycles. The zero-order valence-corrected chi connectivity index (χ0v) is 19.5. The summed E-state index contributed by atoms with van der Waals surface area (Å²) in [6.07, 6.45) is 0. The molecule has 1 fully saturated rings. The van der Waals surface area contributed by atoms with E-state index in [4.69, 9.17) is 4.52 Å². The standard InChI is InChI=1S/C25H33N5O2/c1-5-28-10-12-29(13-11-28)17-22-9-7-6-8-21(22)16-26-25(31)23-14-18(2)30(20(23)4)24-15-19(3)32-27-24/h6-9,14-15H,5,10-13,16-17H2,1-4H3,(H,26,31). The van der Waals surface area contributed by atoms with E-state index < -0.39 is 0 Å². The zero-order valence-electron chi connectivity index (χ0n) is 19.5. The van der Waals surface area contributed by atoms with Crippen LogP contribution in [0.5, 0.6) is 0 Å². The molecular formula is C25H33N5O2. The summed E-state index contributed by atoms with van der Waals surface area (Å²) in [7, 11) is 0. The maximum absolute atomic E-state index is 13.0. The Hall–Kier alpha value is -2.90. The van der Waals surface area contributed by atoms with E-state index in [9.17, 15) is 4.79 Å². The average molecular weight is 436 g/mol. The summed E-state index contributed by atoms with van der Waals surface area (Å²) in [6, 6.07) is 12.2. The van der Waals surface area contributed by atoms with Crippen LogP contribution in [0.2, 0.25) is 0 Å². The second-order valence-corrected chi connectivity index (χ2v) is 8.58. The smallest absolute Gasteiger partial charge is 0.253 e. The molecule has 3 heterocycles. The van der Waals surface area contributed by atoms with Crippen LogP contribution in [0, 0.1) is 20.8 Å². The van der Waals surface area contributed by atoms with Crippen molar-refractivity contribution in [2.45, 2.75) is 40.8 Å². The van der Waals surface area contributed by atoms with Crippen LogP contribution < -0.4 is 5.32 Å². The van der Waals surface area contributed by atoms with Crippen LogP contribution in [-0.4, -0.2) is 58.2 Å². The zero-order chi connectivity index (χ0) is 22.7. The van der Waals surface area contributed by atoms with E-state index in [1.54, 1.807) is 0 Å². The molecule has 0 bridgehead atoms. The molecule has 7 heteroatoms. The Morgan fingerprint density at radius 2 is 1.72 bits per heavy atom. The summed E-state index contributed by atoms with van der Waals surface area (Å²) < 4.78 is 7.17. The van der Waals surface area contributed by atoms with Crippen LogP contribution in [0.1, 0.15) is 45.6 Å². The number of nitrogens with zero attached hydrogens (tertiary/aromatic N) is 4. The second-order valence-electron chi connectivity index (χ2n) is 8.58. The van der Waals surface area contributed by atoms with Crippen molar-refractivity contribution in [3.8, 4) is 5.82 Å². The van der Waals surface area contributed by atoms with Gasteiger partial charge in [0.25, 0.3) is 5.91 Å². The molecule has 0 atom stereocenters. The number of aromatic nitrogens is 2. The van der Waals surface area contributed by atoms with E-state index in [-0.39, 0.29) is 5.91 Å². The monoisotopic (exact) mass is 435 g/mol. The van der Waals surface area contributed by atoms with Crippen molar-refractivity contribution in [1.82, 2.24) is 24.8 Å². The summed E-state index contributed by atoms with van der Waals surface area (Å²) in [6.45, 7) is 15.0. The molecule has 7 nitrogen and oxygen atoms in total. The average Bonchev–Trinajstić information content (AvgIpc) is 3.35. The molecule has 0 aliphatic carbocycles. The molecule has 0 saturated carbocycles. The Morgan fingerprint density at radius 1 is 1.03 bits per heavy atom. The number of hydrogen-bond acceptors (Lipinski definition) is 5. The van der Waals surface area contributed by atoms with Gasteiger partial charge in [-0.1, -0.05) is 36.3 Å². The first-order chi connectivity index (χ1) is 15.5. The molecule has 1 amide bonds. The van der Waals surface area contributed by atoms with E-state index in [0.29, 0.717) is 17.9 Å². The van der Waals surface area contributed by atoms with Crippen molar-refractivity contribution in [3.63, 3.8) is 0 Å². The van der Waals surface area contributed by atoms with Gasteiger partial charge in [-0.3, -0.25) is 14.3 Å². The molecule has 0 spiro atoms. The third kappa shape index (κ3) is 4.79. The summed E-state index contributed by atoms with van der Waals surface area (Å²) >= 11 is 0. The predicted molar refractivity (Wildman–Crippen MR) is 125 cm³/mol. The van der Waals surface area contributed by atoms with Gasteiger partial charge < -0.3 is 14.7 Å². The fourth-order valence-electron chi connectivity index (χ4n) is 4.46. The number of nitrogens with one attached hydrogen (secondary N) is 1. The first-order valence-corrected chi connectivity index (χ1v) is 11.4. The van der Waals surface area contributed by atoms with E-state index in [1.807, 2.05) is 43.5 Å². The second kappa shape index (κ2) is 9.71. The van der Waals surface area contributed by atoms with Crippen molar-refractivity contribution in [2.75, 3.05) is 32.7 Å². The summed E-state index contributed by atoms with van der Waals surface area (Å²) in [4.78, 5) is 18.0. The van der Waals surface area contributed by atoms with Gasteiger partial charge in [0.15, 0.2) is 5.82 Å². The lowest BCUT2D eigenvalue weighted by atomic mass is 10.1. The highest BCUT2D eigenvalue weighted by atomic mass is 16.5. The molecule has 4 rings (SSSR count). The van der Waals surface area contributed by atoms with Crippen molar-refractivity contribution in [2.24, 2.45) is 0 Å². The third-order valence-corrected chi connectivity index (χ3v) is 6.38. The van der Waals surface area contributed by atoms with Gasteiger partial charge in [0.1, 0.15) is 5.76 Å². The number of piperazine rings is 1. The van der Waals surface area contributed by atoms with Gasteiger partial charge in [-0.25, -0.2) is 0 Å². The lowest BCUT2D eigenvalue weighted by molar-refractivity contribution is 0.0950. The lowest BCUT2D eigenvalue weighted by Crippen LogP contribution is -2.45. The van der Waals surface area contributed by atoms with Crippen molar-refractivity contribution < 1.29 is 9.32 Å². The molecule has 170 valence electrons. The highest BCUT2D eigenvalue weighted by Gasteiger charge is 2.20. The van der Waals surface area contributed by atoms with Gasteiger partial charge in [-0.2, -0.15) is 0 Å². The largest absolute Gasteiger partial charge is 0.360 e. The van der Waals surface area contributed by atoms with Crippen LogP contribution >= 0.6 is 0 Å². The Labute approximate surface area is 190 Å². The minimum Gasteiger partial charge on any atom is -0.360 e. The van der Waals surface area contributed by atoms with Crippen molar-refractivity contribution in [1.29, 1.82) is 0 Å². The Kier molecular flexibility index (Phi) is 6.77. The fourth-order valence-corrected chi connectivity index (χ4v) is 4.46. The van der Waals surface area contributed by atoms with Gasteiger partial charge in [0.2, 0.25) is 0 Å². The van der Waals surface area contributed by atoms with Crippen LogP contribution in [0.15, 0.2) is 40.9 Å². The van der Waals surface area contributed by atoms with Crippen LogP contribution in [0.25, 0.3) is 5.82 Å². The number of amides is 1. The minimum atomic E-state index is -0.0732. The number of carbonyl (C=O) groups is 1. The van der Waals surface area contributed by atoms with Gasteiger partial charge in [-0.15, -0.1) is 0 Å². The number of hydrogen-bond donors (Lipinski definition) is 1. The van der Waals surface area contributed by atoms with Gasteiger partial charge in [-0.05, 0) is 44.5 Å². The number of rotatable bonds is 7. The van der Waals surface area contributed by atoms with E-state index in [1.165, 1.54) is 11.1 Å². The summed E-state index contributed by atoms with van der Waals surface area (Å²) in [5.74, 6) is 1.37. The summed E-state index contributed by atoms with van der Waals surface area (Å²) in [5.41, 5.74) is 4.92. The van der Waals surface area contributed by atoms with Gasteiger partial charge in [0.05, 0.1) is 5.56 Å². The first kappa shape index (κ1) is 22.3. The normalized spacial score (nSPS) is 15.2. The SMILES string of the molecule is CCN1CCN(Cc2ccccc2CNC(=O)c2cc(C)n(-c3cc(C)on3)c2C)CC1. The number of likely N-dealkylation sites (N-methyl/N-ethyl adjacent to an activating group) is 1. The Morgan fingerprint density at radius 3 is 2.38 bits per heavy atom. The van der Waals surface area contributed by atoms with Gasteiger partial charge >= 0.3 is 0 Å². The minimum absolute atomic E-state index is 0.0732. The van der Waals surface area contributed by atoms with Crippen LogP contribution in [0.3, 0.4) is 0 Å². The number of benzene rings is 1. The molecule has 32 heavy (non-hydrogen) atoms. The number of aryl methyl sites for hydroxylation is 2. The first-order valence-electron chi connectivity index (χ1n) is 11.4. The quantitative estimate of drug-likeness (QED) is 0.616. The Balaban J connectivity index is 1.43. The maximum atomic E-state index is 13.0. The molecular weight excluding hydrogens is 402 g/mol. The topological polar surface area (TPSA) is 66.5 Å². The maximum Gasteiger partial charge on any atom is 0.253 e. The Bertz CT molecular complexity index is 1080. The molecule has 1 aliphatic rings. The van der Waals surface area contributed by atoms with Crippen LogP contribution in [-0.2, 0) is 13.1 Å². The lowest BCUT2D eigenvalue weighted by Gasteiger charge is -2.34. The van der Waals surface area contributed by atoms with Crippen molar-refractivity contribution in [3.05, 3.63) is 70.2 Å². The molecule has 2 aromatic heterocycles. The molecule has 3 aromatic rings. The molecule has 1 N–H and O–H groups in total. The van der Waals surface area contributed by atoms with E-state index in [2.05, 4.69) is 45.4 Å². The molecule has 1 aliphatic heterocycles. The highest BCUT2D eigenvalue weighted by molar-refractivity contribution is 5.95. The van der Waals surface area contributed by atoms with Crippen molar-refractivity contribution >= 4 is 5.91 Å². The van der Waals surface area contributed by atoms with E-state index in [0.717, 1.165) is 56.4 Å².